The van der Waals surface area contributed by atoms with Crippen LogP contribution in [0.25, 0.3) is 11.5 Å². The third-order valence-electron chi connectivity index (χ3n) is 3.64. The monoisotopic (exact) mass is 441 g/mol. The molecule has 0 aliphatic heterocycles. The Kier molecular flexibility index (Phi) is 7.60. The predicted molar refractivity (Wildman–Crippen MR) is 113 cm³/mol. The number of amides is 3. The second-order valence-corrected chi connectivity index (χ2v) is 7.05. The number of hydrogen-bond acceptors (Lipinski definition) is 8. The van der Waals surface area contributed by atoms with Gasteiger partial charge in [0.25, 0.3) is 11.1 Å². The molecule has 160 valence electrons. The van der Waals surface area contributed by atoms with Gasteiger partial charge in [-0.3, -0.25) is 25.2 Å². The zero-order valence-corrected chi connectivity index (χ0v) is 17.3. The number of anilines is 1. The average Bonchev–Trinajstić information content (AvgIpc) is 3.25. The van der Waals surface area contributed by atoms with E-state index in [-0.39, 0.29) is 29.4 Å². The van der Waals surface area contributed by atoms with E-state index in [9.17, 15) is 14.4 Å². The van der Waals surface area contributed by atoms with Crippen molar-refractivity contribution in [1.29, 1.82) is 0 Å². The number of nitrogens with zero attached hydrogens (tertiary/aromatic N) is 2. The van der Waals surface area contributed by atoms with E-state index in [0.717, 1.165) is 11.8 Å². The number of hydrogen-bond donors (Lipinski definition) is 3. The molecule has 1 heterocycles. The molecule has 0 fully saturated rings. The summed E-state index contributed by atoms with van der Waals surface area (Å²) < 4.78 is 10.8. The van der Waals surface area contributed by atoms with Crippen LogP contribution in [0.3, 0.4) is 0 Å². The van der Waals surface area contributed by atoms with E-state index in [1.54, 1.807) is 48.5 Å². The molecular formula is C20H19N5O5S. The van der Waals surface area contributed by atoms with Gasteiger partial charge >= 0.3 is 0 Å². The van der Waals surface area contributed by atoms with Crippen molar-refractivity contribution in [2.24, 2.45) is 0 Å². The van der Waals surface area contributed by atoms with Gasteiger partial charge in [0, 0.05) is 18.2 Å². The van der Waals surface area contributed by atoms with Crippen molar-refractivity contribution < 1.29 is 23.5 Å². The lowest BCUT2D eigenvalue weighted by Gasteiger charge is -2.08. The fraction of sp³-hybridized carbons (Fsp3) is 0.150. The molecule has 0 saturated heterocycles. The molecular weight excluding hydrogens is 422 g/mol. The first-order chi connectivity index (χ1) is 15.0. The number of thioether (sulfide) groups is 1. The number of carbonyl (C=O) groups excluding carboxylic acids is 3. The summed E-state index contributed by atoms with van der Waals surface area (Å²) in [5.74, 6) is -0.312. The van der Waals surface area contributed by atoms with Gasteiger partial charge in [0.15, 0.2) is 6.61 Å². The van der Waals surface area contributed by atoms with Gasteiger partial charge in [-0.05, 0) is 36.4 Å². The van der Waals surface area contributed by atoms with Crippen LogP contribution in [0.15, 0.2) is 64.2 Å². The van der Waals surface area contributed by atoms with Gasteiger partial charge in [0.05, 0.1) is 5.75 Å². The minimum absolute atomic E-state index is 0.0388. The van der Waals surface area contributed by atoms with Gasteiger partial charge < -0.3 is 14.5 Å². The van der Waals surface area contributed by atoms with Gasteiger partial charge in [-0.25, -0.2) is 0 Å². The van der Waals surface area contributed by atoms with Gasteiger partial charge in [-0.1, -0.05) is 30.0 Å². The molecule has 0 unspecified atom stereocenters. The summed E-state index contributed by atoms with van der Waals surface area (Å²) in [4.78, 5) is 34.7. The fourth-order valence-corrected chi connectivity index (χ4v) is 2.85. The third kappa shape index (κ3) is 7.16. The molecule has 3 amide bonds. The number of nitrogens with one attached hydrogen (secondary N) is 3. The summed E-state index contributed by atoms with van der Waals surface area (Å²) >= 11 is 1.03. The summed E-state index contributed by atoms with van der Waals surface area (Å²) in [7, 11) is 0. The maximum Gasteiger partial charge on any atom is 0.277 e. The van der Waals surface area contributed by atoms with Crippen LogP contribution < -0.4 is 20.9 Å². The van der Waals surface area contributed by atoms with E-state index in [2.05, 4.69) is 26.4 Å². The Labute approximate surface area is 181 Å². The van der Waals surface area contributed by atoms with E-state index < -0.39 is 11.8 Å². The molecule has 0 radical (unpaired) electrons. The highest BCUT2D eigenvalue weighted by Crippen LogP contribution is 2.24. The van der Waals surface area contributed by atoms with Crippen molar-refractivity contribution in [3.8, 4) is 17.2 Å². The molecule has 2 aromatic carbocycles. The highest BCUT2D eigenvalue weighted by atomic mass is 32.2. The molecule has 10 nitrogen and oxygen atoms in total. The van der Waals surface area contributed by atoms with E-state index in [0.29, 0.717) is 17.0 Å². The second-order valence-electron chi connectivity index (χ2n) is 6.12. The van der Waals surface area contributed by atoms with Crippen LogP contribution in [0, 0.1) is 0 Å². The molecule has 11 heteroatoms. The Balaban J connectivity index is 1.40. The number of aromatic nitrogens is 2. The lowest BCUT2D eigenvalue weighted by atomic mass is 10.2. The van der Waals surface area contributed by atoms with Gasteiger partial charge in [-0.15, -0.1) is 10.2 Å². The van der Waals surface area contributed by atoms with Crippen molar-refractivity contribution in [1.82, 2.24) is 21.0 Å². The molecule has 1 aromatic heterocycles. The van der Waals surface area contributed by atoms with Crippen LogP contribution in [-0.2, 0) is 14.4 Å². The standard InChI is InChI=1S/C20H19N5O5S/c1-13(26)21-15-9-7-14(8-10-15)19-24-25-20(30-19)31-12-18(28)23-22-17(27)11-29-16-5-3-2-4-6-16/h2-10H,11-12H2,1H3,(H,21,26)(H,22,27)(H,23,28). The Hall–Kier alpha value is -3.86. The molecule has 0 aliphatic rings. The summed E-state index contributed by atoms with van der Waals surface area (Å²) in [6, 6.07) is 15.7. The normalized spacial score (nSPS) is 10.2. The number of rotatable bonds is 8. The van der Waals surface area contributed by atoms with E-state index >= 15 is 0 Å². The van der Waals surface area contributed by atoms with E-state index in [1.807, 2.05) is 6.07 Å². The first-order valence-electron chi connectivity index (χ1n) is 9.09. The van der Waals surface area contributed by atoms with Crippen LogP contribution in [0.5, 0.6) is 5.75 Å². The van der Waals surface area contributed by atoms with Gasteiger partial charge in [0.2, 0.25) is 17.7 Å². The molecule has 0 spiro atoms. The Bertz CT molecular complexity index is 1040. The van der Waals surface area contributed by atoms with Crippen LogP contribution in [-0.4, -0.2) is 40.3 Å². The quantitative estimate of drug-likeness (QED) is 0.357. The SMILES string of the molecule is CC(=O)Nc1ccc(-c2nnc(SCC(=O)NNC(=O)COc3ccccc3)o2)cc1. The number of ether oxygens (including phenoxy) is 1. The average molecular weight is 441 g/mol. The summed E-state index contributed by atoms with van der Waals surface area (Å²) in [5.41, 5.74) is 5.87. The Morgan fingerprint density at radius 3 is 2.39 bits per heavy atom. The number of benzene rings is 2. The van der Waals surface area contributed by atoms with Crippen molar-refractivity contribution in [3.05, 3.63) is 54.6 Å². The molecule has 0 bridgehead atoms. The van der Waals surface area contributed by atoms with Crippen molar-refractivity contribution in [3.63, 3.8) is 0 Å². The van der Waals surface area contributed by atoms with Gasteiger partial charge in [0.1, 0.15) is 5.75 Å². The fourth-order valence-electron chi connectivity index (χ4n) is 2.29. The van der Waals surface area contributed by atoms with E-state index in [1.165, 1.54) is 6.92 Å². The van der Waals surface area contributed by atoms with Crippen LogP contribution in [0.1, 0.15) is 6.92 Å². The van der Waals surface area contributed by atoms with Crippen LogP contribution in [0.4, 0.5) is 5.69 Å². The predicted octanol–water partition coefficient (Wildman–Crippen LogP) is 2.01. The maximum atomic E-state index is 11.9. The zero-order valence-electron chi connectivity index (χ0n) is 16.5. The largest absolute Gasteiger partial charge is 0.484 e. The third-order valence-corrected chi connectivity index (χ3v) is 4.46. The summed E-state index contributed by atoms with van der Waals surface area (Å²) in [6.07, 6.45) is 0. The maximum absolute atomic E-state index is 11.9. The second kappa shape index (κ2) is 10.8. The van der Waals surface area contributed by atoms with E-state index in [4.69, 9.17) is 9.15 Å². The Morgan fingerprint density at radius 1 is 0.968 bits per heavy atom. The number of hydrazine groups is 1. The van der Waals surface area contributed by atoms with Crippen molar-refractivity contribution in [2.75, 3.05) is 17.7 Å². The summed E-state index contributed by atoms with van der Waals surface area (Å²) in [6.45, 7) is 1.20. The topological polar surface area (TPSA) is 135 Å². The molecule has 3 rings (SSSR count). The van der Waals surface area contributed by atoms with Gasteiger partial charge in [-0.2, -0.15) is 0 Å². The molecule has 0 saturated carbocycles. The smallest absolute Gasteiger partial charge is 0.277 e. The first-order valence-corrected chi connectivity index (χ1v) is 10.1. The lowest BCUT2D eigenvalue weighted by Crippen LogP contribution is -2.44. The number of carbonyl (C=O) groups is 3. The molecule has 0 atom stereocenters. The minimum atomic E-state index is -0.495. The first kappa shape index (κ1) is 21.8. The lowest BCUT2D eigenvalue weighted by molar-refractivity contribution is -0.128. The molecule has 31 heavy (non-hydrogen) atoms. The Morgan fingerprint density at radius 2 is 1.68 bits per heavy atom. The zero-order chi connectivity index (χ0) is 22.1. The highest BCUT2D eigenvalue weighted by Gasteiger charge is 2.12. The number of para-hydroxylation sites is 1. The van der Waals surface area contributed by atoms with Crippen molar-refractivity contribution in [2.45, 2.75) is 12.1 Å². The molecule has 3 N–H and O–H groups in total. The molecule has 0 aliphatic carbocycles. The highest BCUT2D eigenvalue weighted by molar-refractivity contribution is 7.99. The van der Waals surface area contributed by atoms with Crippen molar-refractivity contribution >= 4 is 35.2 Å². The molecule has 3 aromatic rings. The minimum Gasteiger partial charge on any atom is -0.484 e. The van der Waals surface area contributed by atoms with Crippen LogP contribution in [0.2, 0.25) is 0 Å². The van der Waals surface area contributed by atoms with Crippen LogP contribution >= 0.6 is 11.8 Å². The summed E-state index contributed by atoms with van der Waals surface area (Å²) in [5, 5.41) is 10.7.